The van der Waals surface area contributed by atoms with Crippen molar-refractivity contribution in [2.45, 2.75) is 6.10 Å². The number of aliphatic hydroxyl groups excluding tert-OH is 1. The molecule has 0 bridgehead atoms. The van der Waals surface area contributed by atoms with Gasteiger partial charge in [-0.3, -0.25) is 0 Å². The fraction of sp³-hybridized carbons (Fsp3) is 0.0769. The summed E-state index contributed by atoms with van der Waals surface area (Å²) >= 11 is 0. The van der Waals surface area contributed by atoms with Gasteiger partial charge in [-0.1, -0.05) is 109 Å². The third-order valence-corrected chi connectivity index (χ3v) is 17.2. The Morgan fingerprint density at radius 3 is 0.636 bits per heavy atom. The molecule has 0 saturated carbocycles. The molecule has 6 aromatic rings. The molecule has 1 nitrogen and oxygen atoms in total. The largest absolute Gasteiger partial charge is 0.385 e. The van der Waals surface area contributed by atoms with Crippen LogP contribution in [-0.4, -0.2) is 23.5 Å². The van der Waals surface area contributed by atoms with E-state index in [1.807, 2.05) is 0 Å². The van der Waals surface area contributed by atoms with Crippen LogP contribution in [0.5, 0.6) is 0 Å². The summed E-state index contributed by atoms with van der Waals surface area (Å²) in [4.78, 5) is 0. The number of hydrogen-bond donors (Lipinski definition) is 1. The van der Waals surface area contributed by atoms with Crippen LogP contribution in [0.2, 0.25) is 0 Å². The van der Waals surface area contributed by atoms with Gasteiger partial charge in [0.15, 0.2) is 0 Å². The smallest absolute Gasteiger partial charge is 0.123 e. The molecule has 0 atom stereocenters. The van der Waals surface area contributed by atoms with E-state index in [1.54, 1.807) is 0 Å². The van der Waals surface area contributed by atoms with Crippen LogP contribution in [0.25, 0.3) is 0 Å². The van der Waals surface area contributed by atoms with Crippen LogP contribution in [0.15, 0.2) is 182 Å². The zero-order valence-corrected chi connectivity index (χ0v) is 29.7. The van der Waals surface area contributed by atoms with Crippen molar-refractivity contribution in [1.82, 2.24) is 0 Å². The van der Waals surface area contributed by atoms with Gasteiger partial charge in [-0.05, 0) is 72.8 Å². The van der Waals surface area contributed by atoms with Crippen LogP contribution < -0.4 is 31.8 Å². The van der Waals surface area contributed by atoms with Crippen LogP contribution in [0.1, 0.15) is 0 Å². The van der Waals surface area contributed by atoms with Crippen molar-refractivity contribution in [3.8, 4) is 0 Å². The van der Waals surface area contributed by atoms with E-state index < -0.39 is 20.6 Å². The van der Waals surface area contributed by atoms with Gasteiger partial charge in [-0.15, -0.1) is 34.0 Å². The zero-order chi connectivity index (χ0) is 28.7. The third kappa shape index (κ3) is 6.84. The van der Waals surface area contributed by atoms with Crippen LogP contribution in [0, 0.1) is 0 Å². The van der Waals surface area contributed by atoms with E-state index in [2.05, 4.69) is 182 Å². The van der Waals surface area contributed by atoms with Crippen LogP contribution in [0.4, 0.5) is 0 Å². The van der Waals surface area contributed by atoms with Gasteiger partial charge < -0.3 is 5.11 Å². The lowest BCUT2D eigenvalue weighted by molar-refractivity contribution is 0.223. The summed E-state index contributed by atoms with van der Waals surface area (Å²) in [6.07, 6.45) is 0.784. The van der Waals surface area contributed by atoms with E-state index in [4.69, 9.17) is 0 Å². The molecule has 1 N–H and O–H groups in total. The van der Waals surface area contributed by atoms with Crippen molar-refractivity contribution in [3.05, 3.63) is 182 Å². The number of benzene rings is 6. The molecule has 0 fully saturated rings. The first kappa shape index (κ1) is 34.0. The molecule has 5 heteroatoms. The van der Waals surface area contributed by atoms with Crippen molar-refractivity contribution in [2.24, 2.45) is 0 Å². The summed E-state index contributed by atoms with van der Waals surface area (Å²) in [6.45, 7) is 0. The van der Waals surface area contributed by atoms with Gasteiger partial charge in [0.2, 0.25) is 0 Å². The summed E-state index contributed by atoms with van der Waals surface area (Å²) in [5.74, 6) is 0. The minimum absolute atomic E-state index is 0. The standard InChI is InChI=1S/C39H36OP2.2BrH/c40-33(31-41(34-19-7-1-8-20-34,35-21-9-2-10-22-35)36-23-11-3-12-24-36)32-42(37-25-13-4-14-26-37,38-27-15-5-16-28-38)39-29-17-6-18-30-39;;/h1-30,33,40H,31-32H2;2*1H/q+2;;. The second-order valence-electron chi connectivity index (χ2n) is 10.7. The van der Waals surface area contributed by atoms with E-state index in [1.165, 1.54) is 31.8 Å². The second-order valence-corrected chi connectivity index (χ2v) is 17.7. The molecule has 0 saturated heterocycles. The summed E-state index contributed by atoms with van der Waals surface area (Å²) < 4.78 is 0. The SMILES string of the molecule is Br.Br.OC(C[P+](c1ccccc1)(c1ccccc1)c1ccccc1)C[P+](c1ccccc1)(c1ccccc1)c1ccccc1. The minimum Gasteiger partial charge on any atom is -0.385 e. The Labute approximate surface area is 284 Å². The van der Waals surface area contributed by atoms with E-state index in [9.17, 15) is 5.11 Å². The maximum absolute atomic E-state index is 12.5. The number of halogens is 2. The van der Waals surface area contributed by atoms with E-state index in [0.717, 1.165) is 0 Å². The monoisotopic (exact) mass is 742 g/mol. The molecule has 0 unspecified atom stereocenters. The van der Waals surface area contributed by atoms with Gasteiger partial charge in [0.1, 0.15) is 64.8 Å². The number of rotatable bonds is 10. The van der Waals surface area contributed by atoms with Crippen molar-refractivity contribution in [1.29, 1.82) is 0 Å². The average Bonchev–Trinajstić information content (AvgIpc) is 3.08. The first-order chi connectivity index (χ1) is 20.7. The molecular formula is C39H38Br2OP2+2. The molecule has 0 heterocycles. The van der Waals surface area contributed by atoms with E-state index in [0.29, 0.717) is 12.3 Å². The lowest BCUT2D eigenvalue weighted by atomic mass is 10.3. The molecule has 0 amide bonds. The zero-order valence-electron chi connectivity index (χ0n) is 24.5. The fourth-order valence-electron chi connectivity index (χ4n) is 6.31. The molecule has 0 aliphatic carbocycles. The van der Waals surface area contributed by atoms with Gasteiger partial charge in [0, 0.05) is 0 Å². The van der Waals surface area contributed by atoms with Gasteiger partial charge >= 0.3 is 0 Å². The number of hydrogen-bond acceptors (Lipinski definition) is 1. The predicted octanol–water partition coefficient (Wildman–Crippen LogP) is 7.49. The summed E-state index contributed by atoms with van der Waals surface area (Å²) in [5.41, 5.74) is 0. The van der Waals surface area contributed by atoms with Crippen LogP contribution >= 0.6 is 48.5 Å². The highest BCUT2D eigenvalue weighted by Gasteiger charge is 2.52. The fourth-order valence-corrected chi connectivity index (χ4v) is 15.2. The third-order valence-electron chi connectivity index (χ3n) is 8.15. The van der Waals surface area contributed by atoms with Gasteiger partial charge in [-0.25, -0.2) is 0 Å². The minimum atomic E-state index is -2.20. The Balaban J connectivity index is 0.00000221. The molecule has 0 aromatic heterocycles. The Hall–Kier alpha value is -2.90. The van der Waals surface area contributed by atoms with Crippen LogP contribution in [0.3, 0.4) is 0 Å². The van der Waals surface area contributed by atoms with Crippen molar-refractivity contribution < 1.29 is 5.11 Å². The van der Waals surface area contributed by atoms with Gasteiger partial charge in [-0.2, -0.15) is 0 Å². The maximum atomic E-state index is 12.5. The van der Waals surface area contributed by atoms with E-state index in [-0.39, 0.29) is 34.0 Å². The Morgan fingerprint density at radius 2 is 0.477 bits per heavy atom. The first-order valence-electron chi connectivity index (χ1n) is 14.5. The molecule has 6 aromatic carbocycles. The quantitative estimate of drug-likeness (QED) is 0.144. The average molecular weight is 744 g/mol. The Bertz CT molecular complexity index is 1350. The second kappa shape index (κ2) is 15.9. The topological polar surface area (TPSA) is 20.2 Å². The molecule has 44 heavy (non-hydrogen) atoms. The summed E-state index contributed by atoms with van der Waals surface area (Å²) in [5, 5.41) is 20.3. The summed E-state index contributed by atoms with van der Waals surface area (Å²) in [6, 6.07) is 65.2. The Morgan fingerprint density at radius 1 is 0.318 bits per heavy atom. The molecule has 222 valence electrons. The van der Waals surface area contributed by atoms with Crippen molar-refractivity contribution in [2.75, 3.05) is 12.3 Å². The van der Waals surface area contributed by atoms with Crippen molar-refractivity contribution in [3.63, 3.8) is 0 Å². The molecule has 6 rings (SSSR count). The highest BCUT2D eigenvalue weighted by molar-refractivity contribution is 8.93. The highest BCUT2D eigenvalue weighted by Crippen LogP contribution is 2.60. The van der Waals surface area contributed by atoms with Gasteiger partial charge in [0.25, 0.3) is 0 Å². The molecule has 0 radical (unpaired) electrons. The maximum Gasteiger partial charge on any atom is 0.123 e. The first-order valence-corrected chi connectivity index (χ1v) is 18.5. The molecule has 0 spiro atoms. The molecule has 0 aliphatic rings. The highest BCUT2D eigenvalue weighted by atomic mass is 79.9. The Kier molecular flexibility index (Phi) is 12.3. The summed E-state index contributed by atoms with van der Waals surface area (Å²) in [7, 11) is -4.40. The molecule has 0 aliphatic heterocycles. The molecular weight excluding hydrogens is 706 g/mol. The number of aliphatic hydroxyl groups is 1. The predicted molar refractivity (Wildman–Crippen MR) is 207 cm³/mol. The van der Waals surface area contributed by atoms with Gasteiger partial charge in [0.05, 0.1) is 0 Å². The van der Waals surface area contributed by atoms with E-state index >= 15 is 0 Å². The lowest BCUT2D eigenvalue weighted by Gasteiger charge is -2.33. The lowest BCUT2D eigenvalue weighted by Crippen LogP contribution is -2.42. The van der Waals surface area contributed by atoms with Crippen LogP contribution in [-0.2, 0) is 0 Å². The van der Waals surface area contributed by atoms with Crippen molar-refractivity contribution >= 4 is 80.3 Å². The normalized spacial score (nSPS) is 11.3.